The van der Waals surface area contributed by atoms with Crippen molar-refractivity contribution in [1.82, 2.24) is 0 Å². The van der Waals surface area contributed by atoms with Gasteiger partial charge >= 0.3 is 5.97 Å². The summed E-state index contributed by atoms with van der Waals surface area (Å²) in [5, 5.41) is 2.87. The second-order valence-corrected chi connectivity index (χ2v) is 6.04. The minimum Gasteiger partial charge on any atom is -0.469 e. The molecule has 1 N–H and O–H groups in total. The van der Waals surface area contributed by atoms with Crippen LogP contribution in [0.15, 0.2) is 40.8 Å². The third kappa shape index (κ3) is 4.59. The van der Waals surface area contributed by atoms with Crippen LogP contribution in [-0.2, 0) is 33.6 Å². The fourth-order valence-corrected chi connectivity index (χ4v) is 2.94. The Hall–Kier alpha value is -2.82. The van der Waals surface area contributed by atoms with Crippen molar-refractivity contribution in [2.45, 2.75) is 32.1 Å². The SMILES string of the molecule is COC(=O)CCc1ccc(/C=C/C(=O)Nc2ccc3c(c2)CCC3)o1. The highest BCUT2D eigenvalue weighted by molar-refractivity contribution is 6.01. The summed E-state index contributed by atoms with van der Waals surface area (Å²) in [6.45, 7) is 0. The largest absolute Gasteiger partial charge is 0.469 e. The normalized spacial score (nSPS) is 13.0. The smallest absolute Gasteiger partial charge is 0.305 e. The van der Waals surface area contributed by atoms with Crippen molar-refractivity contribution in [2.75, 3.05) is 12.4 Å². The van der Waals surface area contributed by atoms with Crippen LogP contribution in [0.3, 0.4) is 0 Å². The standard InChI is InChI=1S/C20H21NO4/c1-24-20(23)12-10-18-8-7-17(25-18)9-11-19(22)21-16-6-5-14-3-2-4-15(14)13-16/h5-9,11,13H,2-4,10,12H2,1H3,(H,21,22)/b11-9+. The zero-order chi connectivity index (χ0) is 17.6. The maximum atomic E-state index is 12.0. The van der Waals surface area contributed by atoms with E-state index < -0.39 is 0 Å². The van der Waals surface area contributed by atoms with Crippen molar-refractivity contribution in [3.05, 3.63) is 59.1 Å². The number of benzene rings is 1. The van der Waals surface area contributed by atoms with Gasteiger partial charge in [-0.05, 0) is 60.7 Å². The van der Waals surface area contributed by atoms with Crippen LogP contribution in [0.5, 0.6) is 0 Å². The highest BCUT2D eigenvalue weighted by Gasteiger charge is 2.11. The molecule has 0 atom stereocenters. The summed E-state index contributed by atoms with van der Waals surface area (Å²) >= 11 is 0. The monoisotopic (exact) mass is 339 g/mol. The molecule has 0 fully saturated rings. The maximum Gasteiger partial charge on any atom is 0.305 e. The summed E-state index contributed by atoms with van der Waals surface area (Å²) in [7, 11) is 1.36. The van der Waals surface area contributed by atoms with Crippen LogP contribution in [0.25, 0.3) is 6.08 Å². The van der Waals surface area contributed by atoms with Gasteiger partial charge < -0.3 is 14.5 Å². The number of hydrogen-bond donors (Lipinski definition) is 1. The molecule has 1 aromatic carbocycles. The second-order valence-electron chi connectivity index (χ2n) is 6.04. The molecule has 3 rings (SSSR count). The lowest BCUT2D eigenvalue weighted by Gasteiger charge is -2.05. The Morgan fingerprint density at radius 2 is 2.04 bits per heavy atom. The van der Waals surface area contributed by atoms with Crippen LogP contribution in [0.4, 0.5) is 5.69 Å². The molecular formula is C20H21NO4. The molecule has 0 unspecified atom stereocenters. The minimum absolute atomic E-state index is 0.203. The number of anilines is 1. The van der Waals surface area contributed by atoms with E-state index in [0.717, 1.165) is 18.5 Å². The van der Waals surface area contributed by atoms with Gasteiger partial charge in [-0.2, -0.15) is 0 Å². The van der Waals surface area contributed by atoms with E-state index in [9.17, 15) is 9.59 Å². The van der Waals surface area contributed by atoms with E-state index >= 15 is 0 Å². The molecule has 0 spiro atoms. The molecule has 5 nitrogen and oxygen atoms in total. The Morgan fingerprint density at radius 3 is 2.88 bits per heavy atom. The van der Waals surface area contributed by atoms with E-state index in [0.29, 0.717) is 17.9 Å². The molecule has 2 aromatic rings. The number of rotatable bonds is 6. The molecule has 1 amide bonds. The predicted molar refractivity (Wildman–Crippen MR) is 95.2 cm³/mol. The van der Waals surface area contributed by atoms with Crippen molar-refractivity contribution >= 4 is 23.6 Å². The molecule has 0 bridgehead atoms. The lowest BCUT2D eigenvalue weighted by molar-refractivity contribution is -0.140. The van der Waals surface area contributed by atoms with Crippen LogP contribution in [0, 0.1) is 0 Å². The zero-order valence-electron chi connectivity index (χ0n) is 14.2. The van der Waals surface area contributed by atoms with E-state index in [1.807, 2.05) is 12.1 Å². The highest BCUT2D eigenvalue weighted by atomic mass is 16.5. The summed E-state index contributed by atoms with van der Waals surface area (Å²) < 4.78 is 10.2. The molecule has 0 aliphatic heterocycles. The number of nitrogens with one attached hydrogen (secondary N) is 1. The Labute approximate surface area is 146 Å². The topological polar surface area (TPSA) is 68.5 Å². The van der Waals surface area contributed by atoms with E-state index in [1.165, 1.54) is 30.7 Å². The van der Waals surface area contributed by atoms with Gasteiger partial charge in [-0.1, -0.05) is 6.07 Å². The van der Waals surface area contributed by atoms with Gasteiger partial charge in [0, 0.05) is 18.2 Å². The fourth-order valence-electron chi connectivity index (χ4n) is 2.94. The predicted octanol–water partition coefficient (Wildman–Crippen LogP) is 3.53. The number of aryl methyl sites for hydroxylation is 3. The molecule has 0 saturated carbocycles. The number of methoxy groups -OCH3 is 1. The molecular weight excluding hydrogens is 318 g/mol. The van der Waals surface area contributed by atoms with Gasteiger partial charge in [-0.15, -0.1) is 0 Å². The third-order valence-corrected chi connectivity index (χ3v) is 4.25. The Morgan fingerprint density at radius 1 is 1.20 bits per heavy atom. The van der Waals surface area contributed by atoms with E-state index in [-0.39, 0.29) is 18.3 Å². The molecule has 1 aliphatic rings. The lowest BCUT2D eigenvalue weighted by Crippen LogP contribution is -2.07. The number of carbonyl (C=O) groups is 2. The first-order chi connectivity index (χ1) is 12.1. The van der Waals surface area contributed by atoms with Gasteiger partial charge in [-0.3, -0.25) is 9.59 Å². The number of carbonyl (C=O) groups excluding carboxylic acids is 2. The third-order valence-electron chi connectivity index (χ3n) is 4.25. The van der Waals surface area contributed by atoms with Gasteiger partial charge in [0.25, 0.3) is 0 Å². The number of esters is 1. The van der Waals surface area contributed by atoms with Crippen LogP contribution in [0.2, 0.25) is 0 Å². The average molecular weight is 339 g/mol. The Bertz CT molecular complexity index is 804. The van der Waals surface area contributed by atoms with E-state index in [4.69, 9.17) is 4.42 Å². The van der Waals surface area contributed by atoms with Crippen LogP contribution in [-0.4, -0.2) is 19.0 Å². The summed E-state index contributed by atoms with van der Waals surface area (Å²) in [5.74, 6) is 0.778. The average Bonchev–Trinajstić information content (AvgIpc) is 3.26. The van der Waals surface area contributed by atoms with Gasteiger partial charge in [0.15, 0.2) is 0 Å². The fraction of sp³-hybridized carbons (Fsp3) is 0.300. The van der Waals surface area contributed by atoms with Gasteiger partial charge in [0.1, 0.15) is 11.5 Å². The molecule has 130 valence electrons. The lowest BCUT2D eigenvalue weighted by atomic mass is 10.1. The zero-order valence-corrected chi connectivity index (χ0v) is 14.2. The second kappa shape index (κ2) is 7.83. The van der Waals surface area contributed by atoms with Gasteiger partial charge in [0.2, 0.25) is 5.91 Å². The number of amides is 1. The quantitative estimate of drug-likeness (QED) is 0.646. The molecule has 1 heterocycles. The first kappa shape index (κ1) is 17.0. The number of furan rings is 1. The summed E-state index contributed by atoms with van der Waals surface area (Å²) in [5.41, 5.74) is 3.51. The summed E-state index contributed by atoms with van der Waals surface area (Å²) in [6, 6.07) is 9.63. The molecule has 1 aromatic heterocycles. The Balaban J connectivity index is 1.54. The summed E-state index contributed by atoms with van der Waals surface area (Å²) in [6.07, 6.45) is 7.19. The van der Waals surface area contributed by atoms with Crippen molar-refractivity contribution in [1.29, 1.82) is 0 Å². The van der Waals surface area contributed by atoms with E-state index in [2.05, 4.69) is 16.1 Å². The van der Waals surface area contributed by atoms with Crippen LogP contribution >= 0.6 is 0 Å². The number of hydrogen-bond acceptors (Lipinski definition) is 4. The highest BCUT2D eigenvalue weighted by Crippen LogP contribution is 2.24. The number of fused-ring (bicyclic) bond motifs is 1. The van der Waals surface area contributed by atoms with Crippen LogP contribution in [0.1, 0.15) is 35.5 Å². The number of ether oxygens (including phenoxy) is 1. The van der Waals surface area contributed by atoms with Crippen LogP contribution < -0.4 is 5.32 Å². The van der Waals surface area contributed by atoms with Gasteiger partial charge in [-0.25, -0.2) is 0 Å². The van der Waals surface area contributed by atoms with Crippen molar-refractivity contribution < 1.29 is 18.7 Å². The molecule has 5 heteroatoms. The van der Waals surface area contributed by atoms with Crippen molar-refractivity contribution in [3.63, 3.8) is 0 Å². The van der Waals surface area contributed by atoms with Crippen molar-refractivity contribution in [3.8, 4) is 0 Å². The molecule has 0 radical (unpaired) electrons. The first-order valence-electron chi connectivity index (χ1n) is 8.40. The maximum absolute atomic E-state index is 12.0. The first-order valence-corrected chi connectivity index (χ1v) is 8.40. The van der Waals surface area contributed by atoms with E-state index in [1.54, 1.807) is 18.2 Å². The minimum atomic E-state index is -0.276. The molecule has 25 heavy (non-hydrogen) atoms. The van der Waals surface area contributed by atoms with Gasteiger partial charge in [0.05, 0.1) is 13.5 Å². The van der Waals surface area contributed by atoms with Crippen molar-refractivity contribution in [2.24, 2.45) is 0 Å². The Kier molecular flexibility index (Phi) is 5.33. The molecule has 0 saturated heterocycles. The molecule has 1 aliphatic carbocycles. The summed E-state index contributed by atoms with van der Waals surface area (Å²) in [4.78, 5) is 23.2.